The fourth-order valence-electron chi connectivity index (χ4n) is 3.46. The van der Waals surface area contributed by atoms with Crippen LogP contribution < -0.4 is 11.1 Å². The third-order valence-corrected chi connectivity index (χ3v) is 4.90. The molecule has 0 aromatic carbocycles. The highest BCUT2D eigenvalue weighted by Crippen LogP contribution is 2.26. The minimum absolute atomic E-state index is 0.143. The normalized spacial score (nSPS) is 15.0. The summed E-state index contributed by atoms with van der Waals surface area (Å²) in [5.74, 6) is 2.70. The van der Waals surface area contributed by atoms with Crippen molar-refractivity contribution < 1.29 is 9.15 Å². The number of pyridine rings is 1. The van der Waals surface area contributed by atoms with Gasteiger partial charge in [0.25, 0.3) is 0 Å². The zero-order valence-corrected chi connectivity index (χ0v) is 16.6. The number of furan rings is 1. The maximum atomic E-state index is 5.95. The molecule has 0 unspecified atom stereocenters. The Labute approximate surface area is 172 Å². The SMILES string of the molecule is Cc1ccc(-c2nc(N)nc3c(Nc4cccc(CN5CCOCC5)n4)cnn23)o1. The highest BCUT2D eigenvalue weighted by Gasteiger charge is 2.17. The summed E-state index contributed by atoms with van der Waals surface area (Å²) in [7, 11) is 0. The average molecular weight is 406 g/mol. The first-order valence-corrected chi connectivity index (χ1v) is 9.77. The second-order valence-electron chi connectivity index (χ2n) is 7.14. The summed E-state index contributed by atoms with van der Waals surface area (Å²) in [6, 6.07) is 9.62. The summed E-state index contributed by atoms with van der Waals surface area (Å²) >= 11 is 0. The smallest absolute Gasteiger partial charge is 0.224 e. The molecule has 4 aromatic rings. The van der Waals surface area contributed by atoms with Gasteiger partial charge in [-0.15, -0.1) is 0 Å². The number of anilines is 3. The topological polar surface area (TPSA) is 120 Å². The number of nitrogen functional groups attached to an aromatic ring is 1. The van der Waals surface area contributed by atoms with Gasteiger partial charge in [0, 0.05) is 19.6 Å². The van der Waals surface area contributed by atoms with Crippen molar-refractivity contribution >= 4 is 23.1 Å². The Kier molecular flexibility index (Phi) is 4.77. The summed E-state index contributed by atoms with van der Waals surface area (Å²) in [5, 5.41) is 7.72. The van der Waals surface area contributed by atoms with Crippen molar-refractivity contribution in [3.8, 4) is 11.6 Å². The number of fused-ring (bicyclic) bond motifs is 1. The highest BCUT2D eigenvalue weighted by molar-refractivity contribution is 5.74. The van der Waals surface area contributed by atoms with Crippen molar-refractivity contribution in [2.45, 2.75) is 13.5 Å². The maximum Gasteiger partial charge on any atom is 0.224 e. The average Bonchev–Trinajstić information content (AvgIpc) is 3.35. The molecule has 5 heterocycles. The standard InChI is InChI=1S/C20H22N8O2/c1-13-5-6-16(30-13)19-26-20(21)25-18-15(11-22-28(18)19)24-17-4-2-3-14(23-17)12-27-7-9-29-10-8-27/h2-6,11H,7-10,12H2,1H3,(H2,21,25)(H,23,24). The minimum Gasteiger partial charge on any atom is -0.458 e. The van der Waals surface area contributed by atoms with E-state index in [-0.39, 0.29) is 5.95 Å². The molecule has 0 bridgehead atoms. The second-order valence-corrected chi connectivity index (χ2v) is 7.14. The quantitative estimate of drug-likeness (QED) is 0.514. The highest BCUT2D eigenvalue weighted by atomic mass is 16.5. The second kappa shape index (κ2) is 7.73. The van der Waals surface area contributed by atoms with Gasteiger partial charge < -0.3 is 20.2 Å². The van der Waals surface area contributed by atoms with Crippen LogP contribution >= 0.6 is 0 Å². The van der Waals surface area contributed by atoms with Crippen molar-refractivity contribution in [2.24, 2.45) is 0 Å². The van der Waals surface area contributed by atoms with Crippen LogP contribution in [-0.2, 0) is 11.3 Å². The summed E-state index contributed by atoms with van der Waals surface area (Å²) in [6.07, 6.45) is 1.68. The molecule has 0 amide bonds. The van der Waals surface area contributed by atoms with Crippen LogP contribution in [0.3, 0.4) is 0 Å². The van der Waals surface area contributed by atoms with E-state index in [2.05, 4.69) is 25.3 Å². The first-order valence-electron chi connectivity index (χ1n) is 9.77. The van der Waals surface area contributed by atoms with E-state index in [1.54, 1.807) is 10.7 Å². The Morgan fingerprint density at radius 2 is 1.97 bits per heavy atom. The van der Waals surface area contributed by atoms with Gasteiger partial charge in [0.1, 0.15) is 17.3 Å². The molecular formula is C20H22N8O2. The number of aryl methyl sites for hydroxylation is 1. The Bertz CT molecular complexity index is 1180. The molecule has 10 nitrogen and oxygen atoms in total. The molecule has 30 heavy (non-hydrogen) atoms. The van der Waals surface area contributed by atoms with Gasteiger partial charge in [0.05, 0.1) is 25.1 Å². The van der Waals surface area contributed by atoms with Gasteiger partial charge >= 0.3 is 0 Å². The fourth-order valence-corrected chi connectivity index (χ4v) is 3.46. The number of nitrogens with one attached hydrogen (secondary N) is 1. The number of morpholine rings is 1. The third-order valence-electron chi connectivity index (χ3n) is 4.90. The number of nitrogens with zero attached hydrogens (tertiary/aromatic N) is 6. The summed E-state index contributed by atoms with van der Waals surface area (Å²) in [6.45, 7) is 6.01. The van der Waals surface area contributed by atoms with Crippen LogP contribution in [0.15, 0.2) is 40.9 Å². The maximum absolute atomic E-state index is 5.95. The molecule has 5 rings (SSSR count). The van der Waals surface area contributed by atoms with Gasteiger partial charge in [-0.25, -0.2) is 4.98 Å². The predicted molar refractivity (Wildman–Crippen MR) is 111 cm³/mol. The van der Waals surface area contributed by atoms with Crippen molar-refractivity contribution in [3.05, 3.63) is 48.0 Å². The van der Waals surface area contributed by atoms with E-state index in [0.29, 0.717) is 28.7 Å². The largest absolute Gasteiger partial charge is 0.458 e. The number of rotatable bonds is 5. The molecule has 10 heteroatoms. The fraction of sp³-hybridized carbons (Fsp3) is 0.300. The molecule has 1 saturated heterocycles. The molecule has 0 atom stereocenters. The lowest BCUT2D eigenvalue weighted by molar-refractivity contribution is 0.0337. The number of hydrogen-bond acceptors (Lipinski definition) is 9. The lowest BCUT2D eigenvalue weighted by Gasteiger charge is -2.26. The molecule has 0 spiro atoms. The van der Waals surface area contributed by atoms with E-state index >= 15 is 0 Å². The van der Waals surface area contributed by atoms with Crippen molar-refractivity contribution in [1.29, 1.82) is 0 Å². The molecule has 0 radical (unpaired) electrons. The molecule has 3 N–H and O–H groups in total. The number of aromatic nitrogens is 5. The molecule has 1 aliphatic heterocycles. The molecule has 1 aliphatic rings. The Hall–Kier alpha value is -3.50. The molecule has 0 aliphatic carbocycles. The van der Waals surface area contributed by atoms with Gasteiger partial charge in [-0.3, -0.25) is 4.90 Å². The number of nitrogens with two attached hydrogens (primary N) is 1. The Balaban J connectivity index is 1.43. The van der Waals surface area contributed by atoms with Crippen LogP contribution in [0.25, 0.3) is 17.2 Å². The minimum atomic E-state index is 0.143. The molecule has 0 saturated carbocycles. The number of ether oxygens (including phenoxy) is 1. The molecule has 1 fully saturated rings. The van der Waals surface area contributed by atoms with Crippen LogP contribution in [-0.4, -0.2) is 55.8 Å². The van der Waals surface area contributed by atoms with E-state index in [1.807, 2.05) is 37.3 Å². The van der Waals surface area contributed by atoms with Gasteiger partial charge in [0.2, 0.25) is 11.8 Å². The van der Waals surface area contributed by atoms with Gasteiger partial charge in [-0.2, -0.15) is 19.6 Å². The van der Waals surface area contributed by atoms with E-state index < -0.39 is 0 Å². The van der Waals surface area contributed by atoms with Gasteiger partial charge in [-0.05, 0) is 31.2 Å². The molecular weight excluding hydrogens is 384 g/mol. The van der Waals surface area contributed by atoms with Crippen LogP contribution in [0.5, 0.6) is 0 Å². The lowest BCUT2D eigenvalue weighted by atomic mass is 10.3. The number of hydrogen-bond donors (Lipinski definition) is 2. The van der Waals surface area contributed by atoms with E-state index in [0.717, 1.165) is 44.3 Å². The predicted octanol–water partition coefficient (Wildman–Crippen LogP) is 2.25. The van der Waals surface area contributed by atoms with Crippen LogP contribution in [0.1, 0.15) is 11.5 Å². The van der Waals surface area contributed by atoms with Gasteiger partial charge in [0.15, 0.2) is 11.4 Å². The Morgan fingerprint density at radius 3 is 2.77 bits per heavy atom. The summed E-state index contributed by atoms with van der Waals surface area (Å²) in [5.41, 5.74) is 8.17. The van der Waals surface area contributed by atoms with Gasteiger partial charge in [-0.1, -0.05) is 6.07 Å². The lowest BCUT2D eigenvalue weighted by Crippen LogP contribution is -2.35. The molecule has 4 aromatic heterocycles. The molecule has 154 valence electrons. The van der Waals surface area contributed by atoms with E-state index in [1.165, 1.54) is 0 Å². The summed E-state index contributed by atoms with van der Waals surface area (Å²) < 4.78 is 12.7. The summed E-state index contributed by atoms with van der Waals surface area (Å²) in [4.78, 5) is 15.7. The van der Waals surface area contributed by atoms with E-state index in [4.69, 9.17) is 19.9 Å². The van der Waals surface area contributed by atoms with E-state index in [9.17, 15) is 0 Å². The zero-order valence-electron chi connectivity index (χ0n) is 16.6. The van der Waals surface area contributed by atoms with Crippen LogP contribution in [0, 0.1) is 6.92 Å². The Morgan fingerprint density at radius 1 is 1.10 bits per heavy atom. The third kappa shape index (κ3) is 3.70. The first kappa shape index (κ1) is 18.5. The van der Waals surface area contributed by atoms with Crippen molar-refractivity contribution in [3.63, 3.8) is 0 Å². The van der Waals surface area contributed by atoms with Crippen molar-refractivity contribution in [2.75, 3.05) is 37.4 Å². The first-order chi connectivity index (χ1) is 14.7. The van der Waals surface area contributed by atoms with Crippen molar-refractivity contribution in [1.82, 2.24) is 29.5 Å². The monoisotopic (exact) mass is 406 g/mol. The van der Waals surface area contributed by atoms with Crippen LogP contribution in [0.4, 0.5) is 17.5 Å². The zero-order chi connectivity index (χ0) is 20.5. The van der Waals surface area contributed by atoms with Crippen LogP contribution in [0.2, 0.25) is 0 Å².